The minimum absolute atomic E-state index is 0.216. The zero-order valence-corrected chi connectivity index (χ0v) is 19.1. The molecule has 1 aliphatic rings. The number of aryl methyl sites for hydroxylation is 1. The zero-order valence-electron chi connectivity index (χ0n) is 19.1. The second kappa shape index (κ2) is 10.4. The topological polar surface area (TPSA) is 145 Å². The monoisotopic (exact) mass is 465 g/mol. The molecule has 4 rings (SSSR count). The van der Waals surface area contributed by atoms with Crippen molar-refractivity contribution in [1.29, 1.82) is 0 Å². The van der Waals surface area contributed by atoms with Crippen LogP contribution in [0.3, 0.4) is 0 Å². The van der Waals surface area contributed by atoms with E-state index in [4.69, 9.17) is 9.84 Å². The maximum Gasteiger partial charge on any atom is 0.306 e. The van der Waals surface area contributed by atoms with Crippen LogP contribution in [0.5, 0.6) is 5.75 Å². The fourth-order valence-corrected chi connectivity index (χ4v) is 4.10. The minimum atomic E-state index is -0.720. The van der Waals surface area contributed by atoms with Crippen molar-refractivity contribution in [3.8, 4) is 17.3 Å². The molecule has 11 nitrogen and oxygen atoms in total. The van der Waals surface area contributed by atoms with E-state index in [9.17, 15) is 9.59 Å². The highest BCUT2D eigenvalue weighted by molar-refractivity contribution is 5.93. The number of nitrogens with zero attached hydrogens (tertiary/aromatic N) is 6. The van der Waals surface area contributed by atoms with Gasteiger partial charge in [-0.3, -0.25) is 9.59 Å². The van der Waals surface area contributed by atoms with Gasteiger partial charge in [-0.1, -0.05) is 12.1 Å². The van der Waals surface area contributed by atoms with Crippen molar-refractivity contribution in [3.63, 3.8) is 0 Å². The fraction of sp³-hybridized carbons (Fsp3) is 0.435. The molecule has 178 valence electrons. The van der Waals surface area contributed by atoms with E-state index in [2.05, 4.69) is 30.7 Å². The summed E-state index contributed by atoms with van der Waals surface area (Å²) in [5, 5.41) is 24.7. The van der Waals surface area contributed by atoms with Crippen LogP contribution in [0.15, 0.2) is 30.3 Å². The molecule has 0 unspecified atom stereocenters. The van der Waals surface area contributed by atoms with Gasteiger partial charge in [-0.2, -0.15) is 4.80 Å². The molecule has 11 heteroatoms. The van der Waals surface area contributed by atoms with Crippen LogP contribution in [0.1, 0.15) is 47.6 Å². The van der Waals surface area contributed by atoms with Crippen molar-refractivity contribution >= 4 is 11.9 Å². The maximum absolute atomic E-state index is 12.7. The molecule has 2 heterocycles. The molecular weight excluding hydrogens is 438 g/mol. The van der Waals surface area contributed by atoms with Crippen molar-refractivity contribution < 1.29 is 19.4 Å². The van der Waals surface area contributed by atoms with Crippen molar-refractivity contribution in [3.05, 3.63) is 47.4 Å². The lowest BCUT2D eigenvalue weighted by molar-refractivity contribution is -0.143. The van der Waals surface area contributed by atoms with Gasteiger partial charge in [0, 0.05) is 6.54 Å². The van der Waals surface area contributed by atoms with Gasteiger partial charge in [-0.15, -0.1) is 10.2 Å². The maximum atomic E-state index is 12.7. The Labute approximate surface area is 196 Å². The van der Waals surface area contributed by atoms with Gasteiger partial charge in [-0.25, -0.2) is 9.97 Å². The number of hydrogen-bond acceptors (Lipinski definition) is 8. The Bertz CT molecular complexity index is 1170. The van der Waals surface area contributed by atoms with Crippen LogP contribution in [0.25, 0.3) is 11.5 Å². The average molecular weight is 466 g/mol. The second-order valence-corrected chi connectivity index (χ2v) is 8.44. The predicted molar refractivity (Wildman–Crippen MR) is 121 cm³/mol. The van der Waals surface area contributed by atoms with E-state index in [0.717, 1.165) is 24.2 Å². The SMILES string of the molecule is COc1cccc(CNC(=O)c2cc(-c3nnn(CC4CCC(C(=O)O)CC4)n3)nc(C)n2)c1. The molecule has 2 N–H and O–H groups in total. The summed E-state index contributed by atoms with van der Waals surface area (Å²) in [6, 6.07) is 9.00. The zero-order chi connectivity index (χ0) is 24.1. The molecule has 0 radical (unpaired) electrons. The third-order valence-electron chi connectivity index (χ3n) is 5.96. The summed E-state index contributed by atoms with van der Waals surface area (Å²) < 4.78 is 5.21. The predicted octanol–water partition coefficient (Wildman–Crippen LogP) is 2.27. The molecule has 1 fully saturated rings. The summed E-state index contributed by atoms with van der Waals surface area (Å²) in [5.74, 6) is 0.449. The Morgan fingerprint density at radius 3 is 2.71 bits per heavy atom. The van der Waals surface area contributed by atoms with Gasteiger partial charge in [0.1, 0.15) is 23.0 Å². The summed E-state index contributed by atoms with van der Waals surface area (Å²) >= 11 is 0. The van der Waals surface area contributed by atoms with Gasteiger partial charge in [0.15, 0.2) is 0 Å². The molecule has 0 saturated heterocycles. The van der Waals surface area contributed by atoms with E-state index < -0.39 is 5.97 Å². The Balaban J connectivity index is 1.40. The highest BCUT2D eigenvalue weighted by atomic mass is 16.5. The number of amides is 1. The summed E-state index contributed by atoms with van der Waals surface area (Å²) in [6.45, 7) is 2.60. The summed E-state index contributed by atoms with van der Waals surface area (Å²) in [6.07, 6.45) is 2.97. The normalized spacial score (nSPS) is 17.8. The molecule has 1 aromatic carbocycles. The van der Waals surface area contributed by atoms with E-state index in [1.54, 1.807) is 20.1 Å². The Morgan fingerprint density at radius 1 is 1.18 bits per heavy atom. The first-order valence-corrected chi connectivity index (χ1v) is 11.2. The molecule has 0 atom stereocenters. The fourth-order valence-electron chi connectivity index (χ4n) is 4.10. The molecule has 0 spiro atoms. The highest BCUT2D eigenvalue weighted by Gasteiger charge is 2.26. The van der Waals surface area contributed by atoms with Gasteiger partial charge in [-0.05, 0) is 67.5 Å². The first-order chi connectivity index (χ1) is 16.4. The molecule has 3 aromatic rings. The second-order valence-electron chi connectivity index (χ2n) is 8.44. The number of nitrogens with one attached hydrogen (secondary N) is 1. The molecule has 1 amide bonds. The lowest BCUT2D eigenvalue weighted by Crippen LogP contribution is -2.24. The van der Waals surface area contributed by atoms with Gasteiger partial charge in [0.25, 0.3) is 5.91 Å². The number of tetrazole rings is 1. The highest BCUT2D eigenvalue weighted by Crippen LogP contribution is 2.29. The van der Waals surface area contributed by atoms with Crippen molar-refractivity contribution in [2.45, 2.75) is 45.7 Å². The van der Waals surface area contributed by atoms with E-state index in [0.29, 0.717) is 49.2 Å². The number of carbonyl (C=O) groups is 2. The third-order valence-corrected chi connectivity index (χ3v) is 5.96. The van der Waals surface area contributed by atoms with E-state index in [-0.39, 0.29) is 17.5 Å². The van der Waals surface area contributed by atoms with Crippen LogP contribution in [0.2, 0.25) is 0 Å². The molecule has 2 aromatic heterocycles. The number of carbonyl (C=O) groups excluding carboxylic acids is 1. The standard InChI is InChI=1S/C23H27N7O4/c1-14-25-19(11-20(26-14)22(31)24-12-16-4-3-5-18(10-16)34-2)21-27-29-30(28-21)13-15-6-8-17(9-7-15)23(32)33/h3-5,10-11,15,17H,6-9,12-13H2,1-2H3,(H,24,31)(H,32,33). The van der Waals surface area contributed by atoms with Gasteiger partial charge >= 0.3 is 5.97 Å². The van der Waals surface area contributed by atoms with Crippen LogP contribution in [-0.2, 0) is 17.9 Å². The van der Waals surface area contributed by atoms with Crippen LogP contribution in [0, 0.1) is 18.8 Å². The van der Waals surface area contributed by atoms with E-state index in [1.165, 1.54) is 4.80 Å². The Morgan fingerprint density at radius 2 is 1.97 bits per heavy atom. The average Bonchev–Trinajstić information content (AvgIpc) is 3.31. The molecule has 0 bridgehead atoms. The number of aliphatic carboxylic acids is 1. The molecule has 1 aliphatic carbocycles. The van der Waals surface area contributed by atoms with Gasteiger partial charge in [0.2, 0.25) is 5.82 Å². The lowest BCUT2D eigenvalue weighted by atomic mass is 9.82. The smallest absolute Gasteiger partial charge is 0.306 e. The van der Waals surface area contributed by atoms with Crippen LogP contribution in [-0.4, -0.2) is 54.3 Å². The van der Waals surface area contributed by atoms with Crippen LogP contribution in [0.4, 0.5) is 0 Å². The van der Waals surface area contributed by atoms with Crippen LogP contribution >= 0.6 is 0 Å². The number of rotatable bonds is 8. The third kappa shape index (κ3) is 5.72. The number of benzene rings is 1. The number of ether oxygens (including phenoxy) is 1. The largest absolute Gasteiger partial charge is 0.497 e. The van der Waals surface area contributed by atoms with Crippen molar-refractivity contribution in [1.82, 2.24) is 35.5 Å². The lowest BCUT2D eigenvalue weighted by Gasteiger charge is -2.25. The summed E-state index contributed by atoms with van der Waals surface area (Å²) in [7, 11) is 1.59. The van der Waals surface area contributed by atoms with Crippen molar-refractivity contribution in [2.24, 2.45) is 11.8 Å². The molecule has 1 saturated carbocycles. The number of carboxylic acids is 1. The number of aromatic nitrogens is 6. The Hall–Kier alpha value is -3.89. The number of hydrogen-bond donors (Lipinski definition) is 2. The first-order valence-electron chi connectivity index (χ1n) is 11.2. The van der Waals surface area contributed by atoms with Gasteiger partial charge in [0.05, 0.1) is 19.6 Å². The molecule has 34 heavy (non-hydrogen) atoms. The van der Waals surface area contributed by atoms with E-state index >= 15 is 0 Å². The number of carboxylic acid groups (broad SMARTS) is 1. The minimum Gasteiger partial charge on any atom is -0.497 e. The summed E-state index contributed by atoms with van der Waals surface area (Å²) in [4.78, 5) is 34.0. The molecule has 0 aliphatic heterocycles. The summed E-state index contributed by atoms with van der Waals surface area (Å²) in [5.41, 5.74) is 1.54. The van der Waals surface area contributed by atoms with Crippen molar-refractivity contribution in [2.75, 3.05) is 7.11 Å². The number of methoxy groups -OCH3 is 1. The quantitative estimate of drug-likeness (QED) is 0.511. The Kier molecular flexibility index (Phi) is 7.09. The van der Waals surface area contributed by atoms with Crippen LogP contribution < -0.4 is 10.1 Å². The first kappa shape index (κ1) is 23.3. The molecular formula is C23H27N7O4. The van der Waals surface area contributed by atoms with E-state index in [1.807, 2.05) is 24.3 Å². The van der Waals surface area contributed by atoms with Gasteiger partial charge < -0.3 is 15.2 Å².